The molecule has 0 fully saturated rings. The van der Waals surface area contributed by atoms with E-state index in [4.69, 9.17) is 0 Å². The van der Waals surface area contributed by atoms with Crippen LogP contribution in [0.2, 0.25) is 0 Å². The molecule has 1 atom stereocenters. The summed E-state index contributed by atoms with van der Waals surface area (Å²) >= 11 is 1.60. The Morgan fingerprint density at radius 2 is 2.45 bits per heavy atom. The van der Waals surface area contributed by atoms with Crippen molar-refractivity contribution < 1.29 is 4.79 Å². The first kappa shape index (κ1) is 13.3. The molecule has 1 unspecified atom stereocenters. The lowest BCUT2D eigenvalue weighted by Crippen LogP contribution is -2.13. The van der Waals surface area contributed by atoms with Crippen molar-refractivity contribution >= 4 is 22.4 Å². The first-order valence-electron chi connectivity index (χ1n) is 6.99. The van der Waals surface area contributed by atoms with E-state index in [9.17, 15) is 4.79 Å². The van der Waals surface area contributed by atoms with Crippen LogP contribution in [0.4, 0.5) is 5.13 Å². The maximum absolute atomic E-state index is 12.1. The summed E-state index contributed by atoms with van der Waals surface area (Å²) in [6.07, 6.45) is 5.09. The molecule has 20 heavy (non-hydrogen) atoms. The minimum atomic E-state index is -0.184. The van der Waals surface area contributed by atoms with Gasteiger partial charge in [0.2, 0.25) is 0 Å². The molecular weight excluding hydrogens is 272 g/mol. The number of nitrogens with zero attached hydrogens (tertiary/aromatic N) is 3. The average Bonchev–Trinajstić information content (AvgIpc) is 3.03. The molecule has 3 rings (SSSR count). The number of aryl methyl sites for hydroxylation is 2. The molecule has 0 bridgehead atoms. The summed E-state index contributed by atoms with van der Waals surface area (Å²) in [4.78, 5) is 17.9. The second-order valence-electron chi connectivity index (χ2n) is 5.25. The van der Waals surface area contributed by atoms with Crippen molar-refractivity contribution in [2.75, 3.05) is 5.32 Å². The SMILES string of the molecule is CCn1ccc(C(=O)Nc2nc3c(s2)CC(C)CC3)n1. The summed E-state index contributed by atoms with van der Waals surface area (Å²) in [5.74, 6) is 0.531. The molecule has 0 radical (unpaired) electrons. The fourth-order valence-electron chi connectivity index (χ4n) is 2.41. The molecule has 1 amide bonds. The number of rotatable bonds is 3. The van der Waals surface area contributed by atoms with Crippen LogP contribution >= 0.6 is 11.3 Å². The number of hydrogen-bond acceptors (Lipinski definition) is 4. The van der Waals surface area contributed by atoms with E-state index < -0.39 is 0 Å². The lowest BCUT2D eigenvalue weighted by Gasteiger charge is -2.15. The molecule has 2 aromatic rings. The number of anilines is 1. The van der Waals surface area contributed by atoms with Crippen LogP contribution in [-0.4, -0.2) is 20.7 Å². The molecule has 1 aliphatic carbocycles. The van der Waals surface area contributed by atoms with Crippen molar-refractivity contribution in [1.82, 2.24) is 14.8 Å². The highest BCUT2D eigenvalue weighted by atomic mass is 32.1. The highest BCUT2D eigenvalue weighted by Gasteiger charge is 2.21. The van der Waals surface area contributed by atoms with Crippen molar-refractivity contribution in [3.63, 3.8) is 0 Å². The maximum Gasteiger partial charge on any atom is 0.277 e. The topological polar surface area (TPSA) is 59.8 Å². The average molecular weight is 290 g/mol. The maximum atomic E-state index is 12.1. The van der Waals surface area contributed by atoms with Gasteiger partial charge in [-0.25, -0.2) is 4.98 Å². The highest BCUT2D eigenvalue weighted by molar-refractivity contribution is 7.15. The molecule has 106 valence electrons. The smallest absolute Gasteiger partial charge is 0.277 e. The summed E-state index contributed by atoms with van der Waals surface area (Å²) in [7, 11) is 0. The van der Waals surface area contributed by atoms with E-state index in [-0.39, 0.29) is 5.91 Å². The van der Waals surface area contributed by atoms with E-state index >= 15 is 0 Å². The predicted octanol–water partition coefficient (Wildman–Crippen LogP) is 2.74. The quantitative estimate of drug-likeness (QED) is 0.945. The molecule has 0 aliphatic heterocycles. The molecule has 2 aromatic heterocycles. The second kappa shape index (κ2) is 5.36. The molecule has 2 heterocycles. The van der Waals surface area contributed by atoms with Gasteiger partial charge in [0.25, 0.3) is 5.91 Å². The van der Waals surface area contributed by atoms with Crippen LogP contribution in [0.15, 0.2) is 12.3 Å². The first-order valence-corrected chi connectivity index (χ1v) is 7.80. The molecule has 0 saturated heterocycles. The molecule has 6 heteroatoms. The number of hydrogen-bond donors (Lipinski definition) is 1. The number of carbonyl (C=O) groups excluding carboxylic acids is 1. The third-order valence-corrected chi connectivity index (χ3v) is 4.64. The van der Waals surface area contributed by atoms with Crippen LogP contribution in [0, 0.1) is 5.92 Å². The van der Waals surface area contributed by atoms with E-state index in [1.807, 2.05) is 13.1 Å². The van der Waals surface area contributed by atoms with Crippen molar-refractivity contribution in [2.45, 2.75) is 39.7 Å². The summed E-state index contributed by atoms with van der Waals surface area (Å²) in [6, 6.07) is 1.73. The third-order valence-electron chi connectivity index (χ3n) is 3.60. The predicted molar refractivity (Wildman–Crippen MR) is 79.2 cm³/mol. The van der Waals surface area contributed by atoms with Gasteiger partial charge in [0.05, 0.1) is 5.69 Å². The highest BCUT2D eigenvalue weighted by Crippen LogP contribution is 2.32. The van der Waals surface area contributed by atoms with Crippen LogP contribution in [0.5, 0.6) is 0 Å². The number of nitrogens with one attached hydrogen (secondary N) is 1. The van der Waals surface area contributed by atoms with Crippen molar-refractivity contribution in [3.8, 4) is 0 Å². The minimum absolute atomic E-state index is 0.184. The zero-order valence-electron chi connectivity index (χ0n) is 11.7. The van der Waals surface area contributed by atoms with Crippen LogP contribution in [0.3, 0.4) is 0 Å². The number of thiazole rings is 1. The van der Waals surface area contributed by atoms with E-state index in [1.54, 1.807) is 22.1 Å². The van der Waals surface area contributed by atoms with Gasteiger partial charge in [-0.1, -0.05) is 6.92 Å². The molecular formula is C14H18N4OS. The van der Waals surface area contributed by atoms with Crippen LogP contribution in [-0.2, 0) is 19.4 Å². The molecule has 0 aromatic carbocycles. The van der Waals surface area contributed by atoms with Gasteiger partial charge in [0.15, 0.2) is 10.8 Å². The Balaban J connectivity index is 1.73. The normalized spacial score (nSPS) is 17.8. The Labute approximate surface area is 122 Å². The molecule has 5 nitrogen and oxygen atoms in total. The summed E-state index contributed by atoms with van der Waals surface area (Å²) < 4.78 is 1.74. The number of carbonyl (C=O) groups is 1. The third kappa shape index (κ3) is 2.60. The van der Waals surface area contributed by atoms with E-state index in [2.05, 4.69) is 22.3 Å². The number of amides is 1. The van der Waals surface area contributed by atoms with Crippen molar-refractivity contribution in [3.05, 3.63) is 28.5 Å². The monoisotopic (exact) mass is 290 g/mol. The standard InChI is InChI=1S/C14H18N4OS/c1-3-18-7-6-11(17-18)13(19)16-14-15-10-5-4-9(2)8-12(10)20-14/h6-7,9H,3-5,8H2,1-2H3,(H,15,16,19). The molecule has 1 aliphatic rings. The lowest BCUT2D eigenvalue weighted by molar-refractivity contribution is 0.102. The summed E-state index contributed by atoms with van der Waals surface area (Å²) in [5.41, 5.74) is 1.59. The van der Waals surface area contributed by atoms with Gasteiger partial charge >= 0.3 is 0 Å². The fourth-order valence-corrected chi connectivity index (χ4v) is 3.58. The van der Waals surface area contributed by atoms with Gasteiger partial charge in [0, 0.05) is 17.6 Å². The Morgan fingerprint density at radius 3 is 3.20 bits per heavy atom. The molecule has 0 spiro atoms. The van der Waals surface area contributed by atoms with Gasteiger partial charge in [-0.05, 0) is 38.2 Å². The lowest BCUT2D eigenvalue weighted by atomic mass is 9.93. The minimum Gasteiger partial charge on any atom is -0.296 e. The largest absolute Gasteiger partial charge is 0.296 e. The summed E-state index contributed by atoms with van der Waals surface area (Å²) in [6.45, 7) is 5.01. The Kier molecular flexibility index (Phi) is 3.56. The van der Waals surface area contributed by atoms with Gasteiger partial charge in [-0.2, -0.15) is 5.10 Å². The van der Waals surface area contributed by atoms with Crippen LogP contribution in [0.1, 0.15) is 41.3 Å². The Bertz CT molecular complexity index is 631. The van der Waals surface area contributed by atoms with Gasteiger partial charge in [-0.3, -0.25) is 14.8 Å². The van der Waals surface area contributed by atoms with E-state index in [0.29, 0.717) is 16.7 Å². The van der Waals surface area contributed by atoms with Gasteiger partial charge in [0.1, 0.15) is 0 Å². The van der Waals surface area contributed by atoms with Gasteiger partial charge in [-0.15, -0.1) is 11.3 Å². The number of aromatic nitrogens is 3. The Hall–Kier alpha value is -1.69. The second-order valence-corrected chi connectivity index (χ2v) is 6.33. The van der Waals surface area contributed by atoms with Gasteiger partial charge < -0.3 is 0 Å². The zero-order chi connectivity index (χ0) is 14.1. The van der Waals surface area contributed by atoms with E-state index in [1.165, 1.54) is 11.3 Å². The van der Waals surface area contributed by atoms with Crippen molar-refractivity contribution in [1.29, 1.82) is 0 Å². The first-order chi connectivity index (χ1) is 9.65. The Morgan fingerprint density at radius 1 is 1.60 bits per heavy atom. The molecule has 0 saturated carbocycles. The zero-order valence-corrected chi connectivity index (χ0v) is 12.5. The van der Waals surface area contributed by atoms with E-state index in [0.717, 1.165) is 25.1 Å². The summed E-state index contributed by atoms with van der Waals surface area (Å²) in [5, 5.41) is 7.76. The number of fused-ring (bicyclic) bond motifs is 1. The van der Waals surface area contributed by atoms with Crippen LogP contribution in [0.25, 0.3) is 0 Å². The van der Waals surface area contributed by atoms with Crippen molar-refractivity contribution in [2.24, 2.45) is 5.92 Å². The fraction of sp³-hybridized carbons (Fsp3) is 0.500. The molecule has 1 N–H and O–H groups in total. The van der Waals surface area contributed by atoms with Crippen LogP contribution < -0.4 is 5.32 Å².